The van der Waals surface area contributed by atoms with Gasteiger partial charge in [0.15, 0.2) is 6.29 Å². The Morgan fingerprint density at radius 3 is 2.05 bits per heavy atom. The van der Waals surface area contributed by atoms with Gasteiger partial charge in [0.2, 0.25) is 3.79 Å². The van der Waals surface area contributed by atoms with Gasteiger partial charge in [-0.1, -0.05) is 102 Å². The van der Waals surface area contributed by atoms with Gasteiger partial charge in [-0.2, -0.15) is 0 Å². The van der Waals surface area contributed by atoms with E-state index in [9.17, 15) is 9.90 Å². The van der Waals surface area contributed by atoms with Gasteiger partial charge < -0.3 is 34.1 Å². The first-order chi connectivity index (χ1) is 17.8. The van der Waals surface area contributed by atoms with Crippen LogP contribution in [-0.2, 0) is 36.9 Å². The molecule has 0 unspecified atom stereocenters. The molecule has 8 nitrogen and oxygen atoms in total. The van der Waals surface area contributed by atoms with Gasteiger partial charge in [-0.15, -0.1) is 6.58 Å². The number of alkyl carbamates (subject to hydrolysis) is 1. The minimum Gasteiger partial charge on any atom is -0.445 e. The number of rotatable bonds is 12. The van der Waals surface area contributed by atoms with E-state index in [1.807, 2.05) is 60.7 Å². The van der Waals surface area contributed by atoms with Crippen molar-refractivity contribution in [3.05, 3.63) is 84.4 Å². The number of ether oxygens (including phenoxy) is 5. The number of aliphatic hydroxyl groups excluding tert-OH is 1. The fourth-order valence-corrected chi connectivity index (χ4v) is 3.93. The molecule has 1 aliphatic rings. The molecule has 0 radical (unpaired) electrons. The van der Waals surface area contributed by atoms with Crippen LogP contribution in [0.15, 0.2) is 73.3 Å². The van der Waals surface area contributed by atoms with Gasteiger partial charge in [0.25, 0.3) is 0 Å². The highest BCUT2D eigenvalue weighted by molar-refractivity contribution is 6.67. The number of hydrogen-bond donors (Lipinski definition) is 2. The van der Waals surface area contributed by atoms with Crippen molar-refractivity contribution in [1.29, 1.82) is 0 Å². The molecule has 202 valence electrons. The molecule has 1 fully saturated rings. The fourth-order valence-electron chi connectivity index (χ4n) is 3.77. The summed E-state index contributed by atoms with van der Waals surface area (Å²) in [5.74, 6) is 0. The van der Waals surface area contributed by atoms with Gasteiger partial charge in [0, 0.05) is 0 Å². The van der Waals surface area contributed by atoms with Crippen LogP contribution >= 0.6 is 34.8 Å². The number of carbonyl (C=O) groups is 1. The van der Waals surface area contributed by atoms with Gasteiger partial charge in [0.05, 0.1) is 26.4 Å². The molecule has 2 aromatic rings. The number of carbonyl (C=O) groups excluding carboxylic acids is 1. The average Bonchev–Trinajstić information content (AvgIpc) is 2.90. The van der Waals surface area contributed by atoms with Crippen molar-refractivity contribution in [1.82, 2.24) is 5.32 Å². The second-order valence-corrected chi connectivity index (χ2v) is 10.7. The van der Waals surface area contributed by atoms with Crippen LogP contribution in [0.1, 0.15) is 11.1 Å². The topological polar surface area (TPSA) is 95.5 Å². The highest BCUT2D eigenvalue weighted by atomic mass is 35.6. The first-order valence-electron chi connectivity index (χ1n) is 11.6. The molecule has 0 bridgehead atoms. The summed E-state index contributed by atoms with van der Waals surface area (Å²) in [7, 11) is 0. The molecule has 1 amide bonds. The van der Waals surface area contributed by atoms with Crippen molar-refractivity contribution < 1.29 is 33.6 Å². The second kappa shape index (κ2) is 14.9. The van der Waals surface area contributed by atoms with Crippen LogP contribution in [0.4, 0.5) is 4.79 Å². The van der Waals surface area contributed by atoms with E-state index in [1.165, 1.54) is 6.08 Å². The van der Waals surface area contributed by atoms with E-state index in [0.29, 0.717) is 0 Å². The van der Waals surface area contributed by atoms with Gasteiger partial charge >= 0.3 is 6.09 Å². The largest absolute Gasteiger partial charge is 0.445 e. The van der Waals surface area contributed by atoms with Crippen molar-refractivity contribution in [2.45, 2.75) is 47.7 Å². The summed E-state index contributed by atoms with van der Waals surface area (Å²) in [4.78, 5) is 12.6. The van der Waals surface area contributed by atoms with Gasteiger partial charge in [0.1, 0.15) is 31.0 Å². The maximum atomic E-state index is 12.6. The summed E-state index contributed by atoms with van der Waals surface area (Å²) >= 11 is 17.2. The number of nitrogens with one attached hydrogen (secondary N) is 1. The molecule has 37 heavy (non-hydrogen) atoms. The number of alkyl halides is 3. The summed E-state index contributed by atoms with van der Waals surface area (Å²) in [6.07, 6.45) is -2.76. The van der Waals surface area contributed by atoms with Crippen LogP contribution < -0.4 is 5.32 Å². The highest BCUT2D eigenvalue weighted by Gasteiger charge is 2.49. The zero-order valence-corrected chi connectivity index (χ0v) is 22.3. The number of aliphatic hydroxyl groups is 1. The normalized spacial score (nSPS) is 23.8. The Balaban J connectivity index is 1.87. The monoisotopic (exact) mass is 573 g/mol. The molecule has 5 atom stereocenters. The smallest absolute Gasteiger partial charge is 0.407 e. The lowest BCUT2D eigenvalue weighted by Gasteiger charge is -2.45. The van der Waals surface area contributed by atoms with Crippen molar-refractivity contribution >= 4 is 40.9 Å². The van der Waals surface area contributed by atoms with E-state index in [-0.39, 0.29) is 26.4 Å². The van der Waals surface area contributed by atoms with Gasteiger partial charge in [-0.05, 0) is 11.1 Å². The molecule has 0 aromatic heterocycles. The predicted molar refractivity (Wildman–Crippen MR) is 140 cm³/mol. The Hall–Kier alpha value is -1.88. The third kappa shape index (κ3) is 9.74. The third-order valence-electron chi connectivity index (χ3n) is 5.43. The molecule has 2 aromatic carbocycles. The summed E-state index contributed by atoms with van der Waals surface area (Å²) in [6.45, 7) is 3.35. The molecule has 2 N–H and O–H groups in total. The summed E-state index contributed by atoms with van der Waals surface area (Å²) in [5.41, 5.74) is 1.81. The molecule has 11 heteroatoms. The standard InChI is InChI=1S/C26H30Cl3NO7/c1-2-13-33-24-21(30-25(32)36-17-26(27,28)29)23(35-16-19-11-7-4-8-12-19)22(20(14-31)37-24)34-15-18-9-5-3-6-10-18/h2-12,20-24,31H,1,13-17H2,(H,30,32)/t20-,21-,22-,23-,24+/m1/s1. The number of halogens is 3. The molecular formula is C26H30Cl3NO7. The molecule has 1 aliphatic heterocycles. The van der Waals surface area contributed by atoms with E-state index >= 15 is 0 Å². The molecular weight excluding hydrogens is 545 g/mol. The lowest BCUT2D eigenvalue weighted by Crippen LogP contribution is -2.66. The maximum Gasteiger partial charge on any atom is 0.407 e. The van der Waals surface area contributed by atoms with Gasteiger partial charge in [-0.3, -0.25) is 0 Å². The van der Waals surface area contributed by atoms with Crippen molar-refractivity contribution in [3.8, 4) is 0 Å². The van der Waals surface area contributed by atoms with Crippen molar-refractivity contribution in [2.75, 3.05) is 19.8 Å². The van der Waals surface area contributed by atoms with E-state index in [2.05, 4.69) is 11.9 Å². The molecule has 0 aliphatic carbocycles. The zero-order valence-electron chi connectivity index (χ0n) is 20.0. The number of amides is 1. The van der Waals surface area contributed by atoms with Crippen LogP contribution in [0.3, 0.4) is 0 Å². The average molecular weight is 575 g/mol. The summed E-state index contributed by atoms with van der Waals surface area (Å²) in [6, 6.07) is 18.1. The molecule has 0 saturated carbocycles. The first kappa shape index (κ1) is 29.7. The van der Waals surface area contributed by atoms with Crippen LogP contribution in [0.2, 0.25) is 0 Å². The second-order valence-electron chi connectivity index (χ2n) is 8.23. The lowest BCUT2D eigenvalue weighted by atomic mass is 9.96. The van der Waals surface area contributed by atoms with Crippen LogP contribution in [0.5, 0.6) is 0 Å². The van der Waals surface area contributed by atoms with E-state index < -0.39 is 47.1 Å². The minimum absolute atomic E-state index is 0.116. The highest BCUT2D eigenvalue weighted by Crippen LogP contribution is 2.29. The minimum atomic E-state index is -1.79. The number of benzene rings is 2. The van der Waals surface area contributed by atoms with Crippen LogP contribution in [0, 0.1) is 0 Å². The predicted octanol–water partition coefficient (Wildman–Crippen LogP) is 4.54. The molecule has 3 rings (SSSR count). The fraction of sp³-hybridized carbons (Fsp3) is 0.423. The van der Waals surface area contributed by atoms with E-state index in [1.54, 1.807) is 0 Å². The van der Waals surface area contributed by atoms with E-state index in [4.69, 9.17) is 58.5 Å². The molecule has 1 saturated heterocycles. The Morgan fingerprint density at radius 1 is 0.973 bits per heavy atom. The quantitative estimate of drug-likeness (QED) is 0.284. The SMILES string of the molecule is C=CCO[C@H]1O[C@H](CO)[C@@H](OCc2ccccc2)[C@H](OCc2ccccc2)[C@H]1NC(=O)OCC(Cl)(Cl)Cl. The first-order valence-corrected chi connectivity index (χ1v) is 12.7. The number of hydrogen-bond acceptors (Lipinski definition) is 7. The molecule has 1 heterocycles. The third-order valence-corrected chi connectivity index (χ3v) is 5.75. The van der Waals surface area contributed by atoms with E-state index in [0.717, 1.165) is 11.1 Å². The Kier molecular flexibility index (Phi) is 11.9. The zero-order chi connectivity index (χ0) is 26.7. The Bertz CT molecular complexity index is 962. The Labute approximate surface area is 231 Å². The Morgan fingerprint density at radius 2 is 1.54 bits per heavy atom. The summed E-state index contributed by atoms with van der Waals surface area (Å²) in [5, 5.41) is 12.9. The van der Waals surface area contributed by atoms with Crippen molar-refractivity contribution in [2.24, 2.45) is 0 Å². The molecule has 0 spiro atoms. The van der Waals surface area contributed by atoms with Gasteiger partial charge in [-0.25, -0.2) is 4.79 Å². The van der Waals surface area contributed by atoms with Crippen LogP contribution in [-0.4, -0.2) is 65.5 Å². The van der Waals surface area contributed by atoms with Crippen LogP contribution in [0.25, 0.3) is 0 Å². The van der Waals surface area contributed by atoms with Crippen molar-refractivity contribution in [3.63, 3.8) is 0 Å². The lowest BCUT2D eigenvalue weighted by molar-refractivity contribution is -0.285. The maximum absolute atomic E-state index is 12.6. The summed E-state index contributed by atoms with van der Waals surface area (Å²) < 4.78 is 27.6.